The summed E-state index contributed by atoms with van der Waals surface area (Å²) in [6.07, 6.45) is 6.50. The van der Waals surface area contributed by atoms with E-state index in [1.807, 2.05) is 42.5 Å². The number of allylic oxidation sites excluding steroid dienone is 2. The van der Waals surface area contributed by atoms with Gasteiger partial charge in [-0.3, -0.25) is 14.4 Å². The van der Waals surface area contributed by atoms with Gasteiger partial charge in [-0.2, -0.15) is 0 Å². The van der Waals surface area contributed by atoms with Crippen molar-refractivity contribution in [2.24, 2.45) is 5.92 Å². The summed E-state index contributed by atoms with van der Waals surface area (Å²) in [6, 6.07) is 9.20. The van der Waals surface area contributed by atoms with Crippen molar-refractivity contribution in [3.63, 3.8) is 0 Å². The summed E-state index contributed by atoms with van der Waals surface area (Å²) in [6.45, 7) is 3.46. The zero-order valence-electron chi connectivity index (χ0n) is 18.4. The lowest BCUT2D eigenvalue weighted by atomic mass is 9.96. The van der Waals surface area contributed by atoms with Crippen molar-refractivity contribution in [3.05, 3.63) is 48.0 Å². The van der Waals surface area contributed by atoms with Crippen LogP contribution in [0.5, 0.6) is 0 Å². The highest BCUT2D eigenvalue weighted by Crippen LogP contribution is 2.16. The quantitative estimate of drug-likeness (QED) is 0.474. The van der Waals surface area contributed by atoms with Crippen molar-refractivity contribution in [3.8, 4) is 0 Å². The molecule has 2 atom stereocenters. The average Bonchev–Trinajstić information content (AvgIpc) is 2.74. The number of aliphatic hydroxyl groups excluding tert-OH is 1. The first-order valence-corrected chi connectivity index (χ1v) is 10.9. The lowest BCUT2D eigenvalue weighted by Crippen LogP contribution is -2.50. The Bertz CT molecular complexity index is 760. The van der Waals surface area contributed by atoms with E-state index in [-0.39, 0.29) is 37.4 Å². The first-order chi connectivity index (χ1) is 14.8. The Balaban J connectivity index is 2.01. The molecule has 1 aliphatic rings. The topological polar surface area (TPSA) is 105 Å². The molecule has 0 fully saturated rings. The van der Waals surface area contributed by atoms with E-state index in [1.54, 1.807) is 13.8 Å². The molecule has 1 aromatic rings. The van der Waals surface area contributed by atoms with Crippen LogP contribution in [0.1, 0.15) is 51.5 Å². The van der Waals surface area contributed by atoms with Crippen LogP contribution in [0.25, 0.3) is 0 Å². The monoisotopic (exact) mass is 430 g/mol. The number of cyclic esters (lactones) is 1. The molecule has 0 radical (unpaired) electrons. The Morgan fingerprint density at radius 2 is 2.00 bits per heavy atom. The van der Waals surface area contributed by atoms with Gasteiger partial charge in [-0.15, -0.1) is 0 Å². The van der Waals surface area contributed by atoms with Crippen LogP contribution < -0.4 is 10.6 Å². The number of aliphatic hydroxyl groups is 1. The molecule has 1 heterocycles. The van der Waals surface area contributed by atoms with Crippen LogP contribution in [0.3, 0.4) is 0 Å². The molecule has 31 heavy (non-hydrogen) atoms. The van der Waals surface area contributed by atoms with E-state index in [2.05, 4.69) is 10.6 Å². The fourth-order valence-electron chi connectivity index (χ4n) is 3.40. The van der Waals surface area contributed by atoms with Crippen LogP contribution in [0, 0.1) is 5.92 Å². The van der Waals surface area contributed by atoms with Crippen molar-refractivity contribution >= 4 is 17.8 Å². The van der Waals surface area contributed by atoms with E-state index < -0.39 is 17.5 Å². The molecule has 0 bridgehead atoms. The van der Waals surface area contributed by atoms with E-state index in [0.717, 1.165) is 5.56 Å². The second-order valence-corrected chi connectivity index (χ2v) is 8.67. The summed E-state index contributed by atoms with van der Waals surface area (Å²) in [4.78, 5) is 37.3. The molecular formula is C24H34N2O5. The third-order valence-corrected chi connectivity index (χ3v) is 5.11. The fourth-order valence-corrected chi connectivity index (χ4v) is 3.40. The Kier molecular flexibility index (Phi) is 9.72. The minimum Gasteiger partial charge on any atom is -0.463 e. The highest BCUT2D eigenvalue weighted by molar-refractivity contribution is 5.86. The second kappa shape index (κ2) is 12.2. The number of hydrogen-bond acceptors (Lipinski definition) is 5. The maximum atomic E-state index is 12.9. The number of rotatable bonds is 6. The predicted octanol–water partition coefficient (Wildman–Crippen LogP) is 2.28. The Morgan fingerprint density at radius 3 is 2.71 bits per heavy atom. The third kappa shape index (κ3) is 9.34. The number of benzene rings is 1. The Morgan fingerprint density at radius 1 is 1.26 bits per heavy atom. The molecular weight excluding hydrogens is 396 g/mol. The largest absolute Gasteiger partial charge is 0.463 e. The lowest BCUT2D eigenvalue weighted by molar-refractivity contribution is -0.146. The highest BCUT2D eigenvalue weighted by Gasteiger charge is 2.29. The number of esters is 1. The van der Waals surface area contributed by atoms with E-state index in [1.165, 1.54) is 0 Å². The van der Waals surface area contributed by atoms with Crippen molar-refractivity contribution in [2.75, 3.05) is 13.2 Å². The molecule has 1 aliphatic heterocycles. The van der Waals surface area contributed by atoms with Crippen LogP contribution >= 0.6 is 0 Å². The summed E-state index contributed by atoms with van der Waals surface area (Å²) >= 11 is 0. The van der Waals surface area contributed by atoms with Crippen LogP contribution in [0.15, 0.2) is 42.5 Å². The second-order valence-electron chi connectivity index (χ2n) is 8.67. The number of nitrogens with one attached hydrogen (secondary N) is 2. The molecule has 0 unspecified atom stereocenters. The zero-order chi connectivity index (χ0) is 22.7. The SMILES string of the molecule is CC1(C)COC(=O)CCCC=CC[C@H](CC(=O)N[C@@H](CO)Cc2ccccc2)C(=O)N1. The third-order valence-electron chi connectivity index (χ3n) is 5.11. The lowest BCUT2D eigenvalue weighted by Gasteiger charge is -2.28. The van der Waals surface area contributed by atoms with Gasteiger partial charge in [-0.25, -0.2) is 0 Å². The summed E-state index contributed by atoms with van der Waals surface area (Å²) in [5.41, 5.74) is 0.279. The van der Waals surface area contributed by atoms with Gasteiger partial charge in [0.1, 0.15) is 6.61 Å². The van der Waals surface area contributed by atoms with E-state index in [0.29, 0.717) is 32.1 Å². The zero-order valence-corrected chi connectivity index (χ0v) is 18.4. The highest BCUT2D eigenvalue weighted by atomic mass is 16.5. The van der Waals surface area contributed by atoms with Gasteiger partial charge in [-0.05, 0) is 45.1 Å². The van der Waals surface area contributed by atoms with Gasteiger partial charge in [0.2, 0.25) is 11.8 Å². The fraction of sp³-hybridized carbons (Fsp3) is 0.542. The predicted molar refractivity (Wildman–Crippen MR) is 118 cm³/mol. The maximum Gasteiger partial charge on any atom is 0.305 e. The van der Waals surface area contributed by atoms with Crippen LogP contribution in [-0.4, -0.2) is 47.7 Å². The number of ether oxygens (including phenoxy) is 1. The van der Waals surface area contributed by atoms with Crippen molar-refractivity contribution < 1.29 is 24.2 Å². The molecule has 7 nitrogen and oxygen atoms in total. The van der Waals surface area contributed by atoms with Gasteiger partial charge >= 0.3 is 5.97 Å². The Labute approximate surface area is 184 Å². The number of hydrogen-bond donors (Lipinski definition) is 3. The van der Waals surface area contributed by atoms with Crippen molar-refractivity contribution in [2.45, 2.75) is 64.0 Å². The summed E-state index contributed by atoms with van der Waals surface area (Å²) in [5.74, 6) is -1.37. The normalized spacial score (nSPS) is 20.9. The first-order valence-electron chi connectivity index (χ1n) is 10.9. The van der Waals surface area contributed by atoms with E-state index in [4.69, 9.17) is 4.74 Å². The standard InChI is InChI=1S/C24H34N2O5/c1-24(2)17-31-22(29)13-9-4-3-8-12-19(23(30)26-24)15-21(28)25-20(16-27)14-18-10-6-5-7-11-18/h3,5-8,10-11,19-20,27H,4,9,12-17H2,1-2H3,(H,25,28)(H,26,30)/t19-,20-/m1/s1. The van der Waals surface area contributed by atoms with Gasteiger partial charge in [0.15, 0.2) is 0 Å². The molecule has 3 N–H and O–H groups in total. The van der Waals surface area contributed by atoms with Crippen molar-refractivity contribution in [1.29, 1.82) is 0 Å². The van der Waals surface area contributed by atoms with Crippen LogP contribution in [-0.2, 0) is 25.5 Å². The molecule has 7 heteroatoms. The molecule has 0 spiro atoms. The molecule has 0 saturated carbocycles. The van der Waals surface area contributed by atoms with Gasteiger partial charge in [-0.1, -0.05) is 42.5 Å². The summed E-state index contributed by atoms with van der Waals surface area (Å²) < 4.78 is 5.27. The van der Waals surface area contributed by atoms with Gasteiger partial charge < -0.3 is 20.5 Å². The first kappa shape index (κ1) is 24.6. The molecule has 0 saturated heterocycles. The summed E-state index contributed by atoms with van der Waals surface area (Å²) in [5, 5.41) is 15.4. The molecule has 2 amide bonds. The van der Waals surface area contributed by atoms with Gasteiger partial charge in [0, 0.05) is 12.8 Å². The van der Waals surface area contributed by atoms with E-state index >= 15 is 0 Å². The minimum absolute atomic E-state index is 0.0112. The molecule has 0 aromatic heterocycles. The Hall–Kier alpha value is -2.67. The van der Waals surface area contributed by atoms with E-state index in [9.17, 15) is 19.5 Å². The molecule has 1 aromatic carbocycles. The van der Waals surface area contributed by atoms with Crippen LogP contribution in [0.4, 0.5) is 0 Å². The van der Waals surface area contributed by atoms with Gasteiger partial charge in [0.05, 0.1) is 24.1 Å². The minimum atomic E-state index is -0.736. The molecule has 170 valence electrons. The summed E-state index contributed by atoms with van der Waals surface area (Å²) in [7, 11) is 0. The molecule has 2 rings (SSSR count). The smallest absolute Gasteiger partial charge is 0.305 e. The number of carbonyl (C=O) groups excluding carboxylic acids is 3. The van der Waals surface area contributed by atoms with Gasteiger partial charge in [0.25, 0.3) is 0 Å². The number of carbonyl (C=O) groups is 3. The van der Waals surface area contributed by atoms with Crippen molar-refractivity contribution in [1.82, 2.24) is 10.6 Å². The molecule has 0 aliphatic carbocycles. The number of amides is 2. The average molecular weight is 431 g/mol. The van der Waals surface area contributed by atoms with Crippen LogP contribution in [0.2, 0.25) is 0 Å². The maximum absolute atomic E-state index is 12.9.